The second-order valence-corrected chi connectivity index (χ2v) is 16.8. The molecule has 3 heteroatoms. The minimum absolute atomic E-state index is 0.635. The van der Waals surface area contributed by atoms with E-state index in [1.807, 2.05) is 0 Å². The zero-order valence-corrected chi connectivity index (χ0v) is 13.0. The Kier molecular flexibility index (Phi) is 2.81. The van der Waals surface area contributed by atoms with Gasteiger partial charge in [0, 0.05) is 0 Å². The summed E-state index contributed by atoms with van der Waals surface area (Å²) < 4.78 is 0. The van der Waals surface area contributed by atoms with Crippen molar-refractivity contribution in [1.29, 1.82) is 0 Å². The summed E-state index contributed by atoms with van der Waals surface area (Å²) in [6.07, 6.45) is 6.33. The van der Waals surface area contributed by atoms with E-state index in [1.54, 1.807) is 10.4 Å². The van der Waals surface area contributed by atoms with E-state index in [1.165, 1.54) is 18.5 Å². The van der Waals surface area contributed by atoms with Crippen LogP contribution < -0.4 is 0 Å². The van der Waals surface area contributed by atoms with Gasteiger partial charge in [-0.3, -0.25) is 0 Å². The molecule has 0 aromatic rings. The summed E-state index contributed by atoms with van der Waals surface area (Å²) in [5.41, 5.74) is 0. The molecule has 0 spiro atoms. The van der Waals surface area contributed by atoms with Gasteiger partial charge >= 0.3 is 0 Å². The van der Waals surface area contributed by atoms with E-state index < -0.39 is 15.5 Å². The van der Waals surface area contributed by atoms with E-state index in [4.69, 9.17) is 11.1 Å². The van der Waals surface area contributed by atoms with Crippen LogP contribution in [-0.4, -0.2) is 15.5 Å². The lowest BCUT2D eigenvalue weighted by atomic mass is 10.2. The normalized spacial score (nSPS) is 29.5. The molecule has 0 saturated carbocycles. The first-order valence-electron chi connectivity index (χ1n) is 5.96. The average Bonchev–Trinajstić information content (AvgIpc) is 2.42. The molecule has 0 amide bonds. The largest absolute Gasteiger partial charge is 0.183 e. The number of rotatable bonds is 2. The zero-order valence-electron chi connectivity index (χ0n) is 10.2. The van der Waals surface area contributed by atoms with E-state index in [0.29, 0.717) is 5.92 Å². The Morgan fingerprint density at radius 3 is 2.27 bits per heavy atom. The zero-order chi connectivity index (χ0) is 11.3. The first-order chi connectivity index (χ1) is 6.83. The van der Waals surface area contributed by atoms with E-state index in [0.717, 1.165) is 0 Å². The maximum absolute atomic E-state index is 6.78. The molecule has 2 rings (SSSR count). The minimum Gasteiger partial charge on any atom is -0.161 e. The van der Waals surface area contributed by atoms with Gasteiger partial charge in [-0.1, -0.05) is 55.5 Å². The summed E-state index contributed by atoms with van der Waals surface area (Å²) in [5, 5.41) is 3.26. The van der Waals surface area contributed by atoms with Crippen LogP contribution in [0.15, 0.2) is 22.5 Å². The fourth-order valence-electron chi connectivity index (χ4n) is 2.49. The van der Waals surface area contributed by atoms with Gasteiger partial charge in [0.1, 0.15) is 0 Å². The Hall–Kier alpha value is 0.204. The Labute approximate surface area is 100 Å². The van der Waals surface area contributed by atoms with Crippen LogP contribution in [0.1, 0.15) is 13.3 Å². The van der Waals surface area contributed by atoms with E-state index in [-0.39, 0.29) is 0 Å². The molecular weight excluding hydrogens is 236 g/mol. The highest BCUT2D eigenvalue weighted by Crippen LogP contribution is 2.47. The topological polar surface area (TPSA) is 0 Å². The first kappa shape index (κ1) is 11.7. The van der Waals surface area contributed by atoms with Gasteiger partial charge < -0.3 is 0 Å². The van der Waals surface area contributed by atoms with Gasteiger partial charge in [0.15, 0.2) is 7.38 Å². The molecule has 84 valence electrons. The fraction of sp³-hybridized carbons (Fsp3) is 0.667. The van der Waals surface area contributed by atoms with Gasteiger partial charge in [-0.25, -0.2) is 0 Å². The highest BCUT2D eigenvalue weighted by Gasteiger charge is 2.44. The molecule has 0 aromatic heterocycles. The van der Waals surface area contributed by atoms with Crippen molar-refractivity contribution in [2.24, 2.45) is 5.92 Å². The molecule has 0 bridgehead atoms. The summed E-state index contributed by atoms with van der Waals surface area (Å²) in [5.74, 6) is 0.635. The van der Waals surface area contributed by atoms with E-state index in [9.17, 15) is 0 Å². The minimum atomic E-state index is -1.44. The lowest BCUT2D eigenvalue weighted by Crippen LogP contribution is -2.39. The quantitative estimate of drug-likeness (QED) is 0.504. The molecule has 1 saturated heterocycles. The smallest absolute Gasteiger partial charge is 0.161 e. The summed E-state index contributed by atoms with van der Waals surface area (Å²) in [4.78, 5) is 0. The van der Waals surface area contributed by atoms with Gasteiger partial charge in [-0.05, 0) is 18.0 Å². The first-order valence-corrected chi connectivity index (χ1v) is 12.9. The van der Waals surface area contributed by atoms with Gasteiger partial charge in [0.05, 0.1) is 8.07 Å². The van der Waals surface area contributed by atoms with Crippen molar-refractivity contribution in [1.82, 2.24) is 0 Å². The summed E-state index contributed by atoms with van der Waals surface area (Å²) in [6, 6.07) is 2.63. The molecule has 0 aromatic carbocycles. The molecule has 0 N–H and O–H groups in total. The van der Waals surface area contributed by atoms with Crippen molar-refractivity contribution in [3.8, 4) is 0 Å². The van der Waals surface area contributed by atoms with Crippen LogP contribution in [0.5, 0.6) is 0 Å². The van der Waals surface area contributed by atoms with E-state index >= 15 is 0 Å². The van der Waals surface area contributed by atoms with Crippen molar-refractivity contribution in [3.05, 3.63) is 22.5 Å². The molecule has 1 fully saturated rings. The third-order valence-electron chi connectivity index (χ3n) is 3.76. The lowest BCUT2D eigenvalue weighted by Gasteiger charge is -2.36. The highest BCUT2D eigenvalue weighted by molar-refractivity contribution is 7.25. The van der Waals surface area contributed by atoms with Crippen LogP contribution in [-0.2, 0) is 0 Å². The second kappa shape index (κ2) is 3.61. The molecule has 1 aliphatic carbocycles. The summed E-state index contributed by atoms with van der Waals surface area (Å²) in [7, 11) is -2.57. The predicted octanol–water partition coefficient (Wildman–Crippen LogP) is 4.49. The SMILES string of the molecule is CC1C=C([Si](C)(C)C)C=C1[Si]1(Cl)CCC1. The summed E-state index contributed by atoms with van der Waals surface area (Å²) in [6.45, 7) is 9.60. The third kappa shape index (κ3) is 2.04. The molecule has 1 unspecified atom stereocenters. The predicted molar refractivity (Wildman–Crippen MR) is 74.5 cm³/mol. The van der Waals surface area contributed by atoms with Crippen LogP contribution in [0.25, 0.3) is 0 Å². The van der Waals surface area contributed by atoms with Crippen molar-refractivity contribution in [2.45, 2.75) is 45.1 Å². The monoisotopic (exact) mass is 256 g/mol. The molecular formula is C12H21ClSi2. The van der Waals surface area contributed by atoms with Crippen LogP contribution in [0.3, 0.4) is 0 Å². The third-order valence-corrected chi connectivity index (χ3v) is 11.5. The number of hydrogen-bond donors (Lipinski definition) is 0. The van der Waals surface area contributed by atoms with E-state index in [2.05, 4.69) is 38.7 Å². The van der Waals surface area contributed by atoms with Crippen LogP contribution >= 0.6 is 11.1 Å². The Bertz CT molecular complexity index is 332. The molecule has 1 heterocycles. The average molecular weight is 257 g/mol. The van der Waals surface area contributed by atoms with Crippen molar-refractivity contribution < 1.29 is 0 Å². The van der Waals surface area contributed by atoms with Crippen LogP contribution in [0.4, 0.5) is 0 Å². The molecule has 0 nitrogen and oxygen atoms in total. The Balaban J connectivity index is 2.24. The molecule has 1 atom stereocenters. The Morgan fingerprint density at radius 2 is 1.93 bits per heavy atom. The lowest BCUT2D eigenvalue weighted by molar-refractivity contribution is 0.866. The second-order valence-electron chi connectivity index (χ2n) is 6.08. The number of halogens is 1. The maximum atomic E-state index is 6.78. The standard InChI is InChI=1S/C12H21ClSi2/c1-10-8-11(14(2,3)4)9-12(10)15(13)6-5-7-15/h8-10H,5-7H2,1-4H3. The van der Waals surface area contributed by atoms with Gasteiger partial charge in [-0.2, -0.15) is 11.1 Å². The van der Waals surface area contributed by atoms with Gasteiger partial charge in [0.25, 0.3) is 0 Å². The van der Waals surface area contributed by atoms with Crippen molar-refractivity contribution in [2.75, 3.05) is 0 Å². The van der Waals surface area contributed by atoms with Crippen LogP contribution in [0.2, 0.25) is 31.7 Å². The number of allylic oxidation sites excluding steroid dienone is 4. The molecule has 0 radical (unpaired) electrons. The number of hydrogen-bond acceptors (Lipinski definition) is 0. The van der Waals surface area contributed by atoms with Crippen LogP contribution in [0, 0.1) is 5.92 Å². The molecule has 2 aliphatic rings. The molecule has 15 heavy (non-hydrogen) atoms. The van der Waals surface area contributed by atoms with Gasteiger partial charge in [-0.15, -0.1) is 0 Å². The Morgan fingerprint density at radius 1 is 1.33 bits per heavy atom. The maximum Gasteiger partial charge on any atom is 0.183 e. The fourth-order valence-corrected chi connectivity index (χ4v) is 8.32. The van der Waals surface area contributed by atoms with Crippen molar-refractivity contribution >= 4 is 26.5 Å². The highest BCUT2D eigenvalue weighted by atomic mass is 35.6. The van der Waals surface area contributed by atoms with Crippen molar-refractivity contribution in [3.63, 3.8) is 0 Å². The van der Waals surface area contributed by atoms with Gasteiger partial charge in [0.2, 0.25) is 0 Å². The summed E-state index contributed by atoms with van der Waals surface area (Å²) >= 11 is 6.78. The molecule has 1 aliphatic heterocycles.